The molecule has 136 valence electrons. The fraction of sp³-hybridized carbons (Fsp3) is 0.500. The van der Waals surface area contributed by atoms with Crippen LogP contribution in [0.4, 0.5) is 5.13 Å². The molecule has 0 aromatic carbocycles. The van der Waals surface area contributed by atoms with Crippen molar-refractivity contribution in [3.63, 3.8) is 0 Å². The van der Waals surface area contributed by atoms with Gasteiger partial charge < -0.3 is 4.90 Å². The Bertz CT molecular complexity index is 842. The van der Waals surface area contributed by atoms with Gasteiger partial charge in [-0.25, -0.2) is 4.98 Å². The molecule has 1 aliphatic heterocycles. The van der Waals surface area contributed by atoms with Crippen LogP contribution in [-0.2, 0) is 17.6 Å². The highest BCUT2D eigenvalue weighted by molar-refractivity contribution is 7.13. The molecule has 1 aliphatic carbocycles. The first kappa shape index (κ1) is 17.3. The largest absolute Gasteiger partial charge is 0.343 e. The van der Waals surface area contributed by atoms with Crippen LogP contribution in [0.15, 0.2) is 23.3 Å². The van der Waals surface area contributed by atoms with Crippen LogP contribution in [0.2, 0.25) is 0 Å². The summed E-state index contributed by atoms with van der Waals surface area (Å²) in [6, 6.07) is 0. The molecule has 0 saturated heterocycles. The number of fused-ring (bicyclic) bond motifs is 2. The number of hydrogen-bond donors (Lipinski definition) is 0. The van der Waals surface area contributed by atoms with Gasteiger partial charge in [-0.3, -0.25) is 14.8 Å². The fourth-order valence-electron chi connectivity index (χ4n) is 3.69. The van der Waals surface area contributed by atoms with Gasteiger partial charge in [0.1, 0.15) is 5.78 Å². The average molecular weight is 369 g/mol. The van der Waals surface area contributed by atoms with Gasteiger partial charge in [0.2, 0.25) is 0 Å². The Morgan fingerprint density at radius 2 is 2.15 bits per heavy atom. The molecule has 0 N–H and O–H groups in total. The van der Waals surface area contributed by atoms with Crippen LogP contribution in [0, 0.1) is 5.92 Å². The van der Waals surface area contributed by atoms with Crippen molar-refractivity contribution in [3.8, 4) is 0 Å². The van der Waals surface area contributed by atoms with Crippen molar-refractivity contribution >= 4 is 27.8 Å². The van der Waals surface area contributed by atoms with Gasteiger partial charge in [-0.1, -0.05) is 19.4 Å². The van der Waals surface area contributed by atoms with E-state index >= 15 is 0 Å². The average Bonchev–Trinajstić information content (AvgIpc) is 3.11. The Morgan fingerprint density at radius 1 is 1.27 bits per heavy atom. The van der Waals surface area contributed by atoms with E-state index < -0.39 is 0 Å². The third-order valence-electron chi connectivity index (χ3n) is 5.22. The van der Waals surface area contributed by atoms with Crippen LogP contribution in [-0.4, -0.2) is 33.8 Å². The molecule has 26 heavy (non-hydrogen) atoms. The van der Waals surface area contributed by atoms with Crippen molar-refractivity contribution < 1.29 is 4.79 Å². The van der Waals surface area contributed by atoms with Crippen molar-refractivity contribution in [1.29, 1.82) is 0 Å². The second-order valence-electron chi connectivity index (χ2n) is 7.38. The molecule has 0 radical (unpaired) electrons. The van der Waals surface area contributed by atoms with E-state index in [0.717, 1.165) is 61.0 Å². The topological polar surface area (TPSA) is 59.0 Å². The summed E-state index contributed by atoms with van der Waals surface area (Å²) in [5.41, 5.74) is 5.76. The quantitative estimate of drug-likeness (QED) is 0.823. The summed E-state index contributed by atoms with van der Waals surface area (Å²) in [4.78, 5) is 28.5. The summed E-state index contributed by atoms with van der Waals surface area (Å²) in [6.07, 6.45) is 8.30. The minimum absolute atomic E-state index is 0.0371. The number of hydrogen-bond acceptors (Lipinski definition) is 6. The summed E-state index contributed by atoms with van der Waals surface area (Å²) in [6.45, 7) is 5.75. The molecule has 0 saturated carbocycles. The first-order chi connectivity index (χ1) is 12.6. The van der Waals surface area contributed by atoms with Crippen molar-refractivity contribution in [2.75, 3.05) is 18.0 Å². The molecule has 2 aliphatic rings. The Labute approximate surface area is 158 Å². The van der Waals surface area contributed by atoms with E-state index in [0.29, 0.717) is 6.42 Å². The Kier molecular flexibility index (Phi) is 4.85. The SMILES string of the molecule is CC(C)C(=O)Cc1cnc2c(n1)CCCC1=C2CN(c2nccs2)CC1. The predicted molar refractivity (Wildman–Crippen MR) is 104 cm³/mol. The van der Waals surface area contributed by atoms with Gasteiger partial charge in [-0.05, 0) is 31.3 Å². The zero-order chi connectivity index (χ0) is 18.1. The smallest absolute Gasteiger partial charge is 0.185 e. The normalized spacial score (nSPS) is 17.1. The van der Waals surface area contributed by atoms with Gasteiger partial charge in [0.05, 0.1) is 23.5 Å². The molecular weight excluding hydrogens is 344 g/mol. The predicted octanol–water partition coefficient (Wildman–Crippen LogP) is 3.70. The molecule has 6 heteroatoms. The highest BCUT2D eigenvalue weighted by Crippen LogP contribution is 2.35. The van der Waals surface area contributed by atoms with Crippen molar-refractivity contribution in [2.24, 2.45) is 5.92 Å². The Hall–Kier alpha value is -2.08. The molecule has 0 atom stereocenters. The molecule has 3 heterocycles. The summed E-state index contributed by atoms with van der Waals surface area (Å²) in [5.74, 6) is 0.260. The molecule has 0 fully saturated rings. The summed E-state index contributed by atoms with van der Waals surface area (Å²) >= 11 is 1.69. The van der Waals surface area contributed by atoms with Crippen LogP contribution in [0.1, 0.15) is 50.2 Å². The van der Waals surface area contributed by atoms with Crippen molar-refractivity contribution in [2.45, 2.75) is 46.0 Å². The number of carbonyl (C=O) groups excluding carboxylic acids is 1. The maximum atomic E-state index is 12.1. The van der Waals surface area contributed by atoms with Gasteiger partial charge in [0.25, 0.3) is 0 Å². The van der Waals surface area contributed by atoms with Gasteiger partial charge in [0.15, 0.2) is 5.13 Å². The Balaban J connectivity index is 1.63. The van der Waals surface area contributed by atoms with Gasteiger partial charge in [0, 0.05) is 36.8 Å². The number of nitrogens with zero attached hydrogens (tertiary/aromatic N) is 4. The third-order valence-corrected chi connectivity index (χ3v) is 6.05. The van der Waals surface area contributed by atoms with Crippen molar-refractivity contribution in [1.82, 2.24) is 15.0 Å². The lowest BCUT2D eigenvalue weighted by Gasteiger charge is -2.30. The molecule has 0 unspecified atom stereocenters. The van der Waals surface area contributed by atoms with Crippen LogP contribution in [0.25, 0.3) is 5.57 Å². The lowest BCUT2D eigenvalue weighted by Crippen LogP contribution is -2.31. The highest BCUT2D eigenvalue weighted by atomic mass is 32.1. The number of Topliss-reactive ketones (excluding diaryl/α,β-unsaturated/α-hetero) is 1. The first-order valence-electron chi connectivity index (χ1n) is 9.35. The van der Waals surface area contributed by atoms with E-state index in [1.807, 2.05) is 25.4 Å². The third kappa shape index (κ3) is 3.43. The van der Waals surface area contributed by atoms with E-state index in [1.165, 1.54) is 11.1 Å². The van der Waals surface area contributed by atoms with Crippen LogP contribution >= 0.6 is 11.3 Å². The van der Waals surface area contributed by atoms with E-state index in [9.17, 15) is 4.79 Å². The standard InChI is InChI=1S/C20H24N4OS/c1-13(2)18(25)10-15-11-22-19-16-12-24(20-21-7-9-26-20)8-6-14(16)4-3-5-17(19)23-15/h7,9,11,13H,3-6,8,10,12H2,1-2H3. The number of aromatic nitrogens is 3. The number of aryl methyl sites for hydroxylation is 1. The highest BCUT2D eigenvalue weighted by Gasteiger charge is 2.27. The molecule has 0 amide bonds. The number of thiazole rings is 1. The second kappa shape index (κ2) is 7.27. The maximum Gasteiger partial charge on any atom is 0.185 e. The zero-order valence-electron chi connectivity index (χ0n) is 15.4. The number of carbonyl (C=O) groups is 1. The summed E-state index contributed by atoms with van der Waals surface area (Å²) < 4.78 is 0. The van der Waals surface area contributed by atoms with Gasteiger partial charge in [-0.15, -0.1) is 11.3 Å². The van der Waals surface area contributed by atoms with E-state index in [1.54, 1.807) is 17.5 Å². The first-order valence-corrected chi connectivity index (χ1v) is 10.2. The molecule has 0 spiro atoms. The minimum atomic E-state index is 0.0371. The molecule has 0 bridgehead atoms. The molecule has 4 rings (SSSR count). The van der Waals surface area contributed by atoms with Crippen LogP contribution in [0.5, 0.6) is 0 Å². The van der Waals surface area contributed by atoms with E-state index in [2.05, 4.69) is 9.88 Å². The number of ketones is 1. The minimum Gasteiger partial charge on any atom is -0.343 e. The monoisotopic (exact) mass is 368 g/mol. The summed E-state index contributed by atoms with van der Waals surface area (Å²) in [5, 5.41) is 3.10. The lowest BCUT2D eigenvalue weighted by molar-refractivity contribution is -0.121. The fourth-order valence-corrected chi connectivity index (χ4v) is 4.36. The molecule has 2 aromatic rings. The van der Waals surface area contributed by atoms with E-state index in [4.69, 9.17) is 9.97 Å². The van der Waals surface area contributed by atoms with Gasteiger partial charge >= 0.3 is 0 Å². The molecular formula is C20H24N4OS. The van der Waals surface area contributed by atoms with Crippen LogP contribution in [0.3, 0.4) is 0 Å². The molecule has 2 aromatic heterocycles. The summed E-state index contributed by atoms with van der Waals surface area (Å²) in [7, 11) is 0. The van der Waals surface area contributed by atoms with Crippen LogP contribution < -0.4 is 4.90 Å². The second-order valence-corrected chi connectivity index (χ2v) is 8.25. The maximum absolute atomic E-state index is 12.1. The van der Waals surface area contributed by atoms with Gasteiger partial charge in [-0.2, -0.15) is 0 Å². The molecule has 5 nitrogen and oxygen atoms in total. The zero-order valence-corrected chi connectivity index (χ0v) is 16.2. The number of rotatable bonds is 4. The van der Waals surface area contributed by atoms with Crippen molar-refractivity contribution in [3.05, 3.63) is 40.4 Å². The van der Waals surface area contributed by atoms with E-state index in [-0.39, 0.29) is 11.7 Å². The Morgan fingerprint density at radius 3 is 2.92 bits per heavy atom. The lowest BCUT2D eigenvalue weighted by atomic mass is 9.96. The number of anilines is 1.